The number of fused-ring (bicyclic) bond motifs is 1. The van der Waals surface area contributed by atoms with Gasteiger partial charge < -0.3 is 15.6 Å². The number of nitrogens with zero attached hydrogens (tertiary/aromatic N) is 4. The van der Waals surface area contributed by atoms with Gasteiger partial charge in [-0.15, -0.1) is 0 Å². The molecule has 2 atom stereocenters. The van der Waals surface area contributed by atoms with Crippen LogP contribution in [0.25, 0.3) is 22.0 Å². The summed E-state index contributed by atoms with van der Waals surface area (Å²) < 4.78 is 58.2. The number of anilines is 2. The van der Waals surface area contributed by atoms with Crippen molar-refractivity contribution in [2.24, 2.45) is 5.92 Å². The number of pyridine rings is 2. The first-order chi connectivity index (χ1) is 19.5. The van der Waals surface area contributed by atoms with Gasteiger partial charge in [-0.3, -0.25) is 9.59 Å². The molecule has 1 aliphatic rings. The largest absolute Gasteiger partial charge is 0.423 e. The quantitative estimate of drug-likeness (QED) is 0.197. The molecule has 3 N–H and O–H groups in total. The molecule has 13 heteroatoms. The lowest BCUT2D eigenvalue weighted by molar-refractivity contribution is -0.138. The highest BCUT2D eigenvalue weighted by molar-refractivity contribution is 14.1. The Kier molecular flexibility index (Phi) is 8.08. The Hall–Kier alpha value is -3.49. The van der Waals surface area contributed by atoms with Crippen molar-refractivity contribution >= 4 is 45.1 Å². The van der Waals surface area contributed by atoms with Gasteiger partial charge in [0.1, 0.15) is 17.2 Å². The van der Waals surface area contributed by atoms with Gasteiger partial charge in [0.15, 0.2) is 0 Å². The van der Waals surface area contributed by atoms with E-state index in [0.29, 0.717) is 45.6 Å². The third-order valence-electron chi connectivity index (χ3n) is 7.55. The summed E-state index contributed by atoms with van der Waals surface area (Å²) in [5.74, 6) is -0.273. The summed E-state index contributed by atoms with van der Waals surface area (Å²) in [5.41, 5.74) is 4.26. The van der Waals surface area contributed by atoms with Crippen LogP contribution in [-0.2, 0) is 19.1 Å². The van der Waals surface area contributed by atoms with Gasteiger partial charge >= 0.3 is 6.18 Å². The standard InChI is InChI=1S/C28H27F4IN6O2/c1-2-16-6-7-22(37-25(16)34)20-11-17-8-9-38(26(40)19(17)12-21(20)29)14-15-4-3-5-18(10-15)36-23-13-35-39(33)27(41)24(23)28(30,31)32/h6-9,11-13,15,18,36H,2-5,10,14H2,1H3,(H2,34,37)/t15-,18+/m1/s1. The molecule has 1 saturated carbocycles. The second kappa shape index (κ2) is 11.4. The second-order valence-corrected chi connectivity index (χ2v) is 11.2. The van der Waals surface area contributed by atoms with Gasteiger partial charge in [-0.2, -0.15) is 21.2 Å². The molecule has 0 bridgehead atoms. The number of nitrogens with one attached hydrogen (secondary N) is 1. The number of nitrogens with two attached hydrogens (primary N) is 1. The molecule has 0 spiro atoms. The molecule has 0 radical (unpaired) electrons. The van der Waals surface area contributed by atoms with Crippen molar-refractivity contribution in [2.45, 2.75) is 57.8 Å². The highest BCUT2D eigenvalue weighted by Crippen LogP contribution is 2.34. The predicted octanol–water partition coefficient (Wildman–Crippen LogP) is 5.79. The fourth-order valence-electron chi connectivity index (χ4n) is 5.50. The smallest absolute Gasteiger partial charge is 0.383 e. The second-order valence-electron chi connectivity index (χ2n) is 10.3. The van der Waals surface area contributed by atoms with E-state index in [2.05, 4.69) is 15.4 Å². The van der Waals surface area contributed by atoms with Crippen LogP contribution in [0.4, 0.5) is 29.1 Å². The molecule has 1 aromatic carbocycles. The Balaban J connectivity index is 1.37. The minimum absolute atomic E-state index is 0.0167. The number of halogens is 5. The zero-order chi connectivity index (χ0) is 29.5. The lowest BCUT2D eigenvalue weighted by atomic mass is 9.85. The number of nitrogen functional groups attached to an aromatic ring is 1. The van der Waals surface area contributed by atoms with E-state index in [4.69, 9.17) is 5.73 Å². The van der Waals surface area contributed by atoms with Gasteiger partial charge in [-0.25, -0.2) is 9.37 Å². The van der Waals surface area contributed by atoms with Crippen molar-refractivity contribution in [1.29, 1.82) is 0 Å². The fourth-order valence-corrected chi connectivity index (χ4v) is 5.87. The number of benzene rings is 1. The first-order valence-corrected chi connectivity index (χ1v) is 14.1. The maximum Gasteiger partial charge on any atom is 0.423 e. The van der Waals surface area contributed by atoms with Crippen molar-refractivity contribution in [1.82, 2.24) is 17.5 Å². The maximum absolute atomic E-state index is 15.2. The van der Waals surface area contributed by atoms with Crippen molar-refractivity contribution in [3.63, 3.8) is 0 Å². The van der Waals surface area contributed by atoms with Gasteiger partial charge in [-0.1, -0.05) is 19.4 Å². The summed E-state index contributed by atoms with van der Waals surface area (Å²) >= 11 is 1.41. The Morgan fingerprint density at radius 1 is 1.15 bits per heavy atom. The number of alkyl halides is 3. The van der Waals surface area contributed by atoms with Crippen LogP contribution >= 0.6 is 22.9 Å². The number of hydrogen-bond donors (Lipinski definition) is 2. The Morgan fingerprint density at radius 2 is 1.93 bits per heavy atom. The van der Waals surface area contributed by atoms with E-state index in [9.17, 15) is 22.8 Å². The Labute approximate surface area is 246 Å². The summed E-state index contributed by atoms with van der Waals surface area (Å²) in [4.78, 5) is 29.8. The topological polar surface area (TPSA) is 108 Å². The normalized spacial score (nSPS) is 17.6. The van der Waals surface area contributed by atoms with Gasteiger partial charge in [0, 0.05) is 24.3 Å². The molecule has 0 aliphatic heterocycles. The summed E-state index contributed by atoms with van der Waals surface area (Å²) in [6.45, 7) is 2.28. The minimum Gasteiger partial charge on any atom is -0.383 e. The molecule has 8 nitrogen and oxygen atoms in total. The molecule has 0 unspecified atom stereocenters. The molecule has 41 heavy (non-hydrogen) atoms. The van der Waals surface area contributed by atoms with Crippen LogP contribution in [0.15, 0.2) is 52.3 Å². The monoisotopic (exact) mass is 682 g/mol. The third-order valence-corrected chi connectivity index (χ3v) is 8.24. The molecule has 216 valence electrons. The van der Waals surface area contributed by atoms with E-state index in [1.54, 1.807) is 24.4 Å². The van der Waals surface area contributed by atoms with Crippen LogP contribution in [0.2, 0.25) is 0 Å². The van der Waals surface area contributed by atoms with E-state index in [-0.39, 0.29) is 34.2 Å². The molecule has 0 saturated heterocycles. The van der Waals surface area contributed by atoms with Crippen LogP contribution in [0.5, 0.6) is 0 Å². The van der Waals surface area contributed by atoms with Crippen LogP contribution < -0.4 is 22.2 Å². The molecule has 3 aromatic heterocycles. The molecular weight excluding hydrogens is 655 g/mol. The highest BCUT2D eigenvalue weighted by atomic mass is 127. The fraction of sp³-hybridized carbons (Fsp3) is 0.357. The summed E-state index contributed by atoms with van der Waals surface area (Å²) in [7, 11) is 0. The zero-order valence-corrected chi connectivity index (χ0v) is 24.2. The average Bonchev–Trinajstić information content (AvgIpc) is 2.92. The summed E-state index contributed by atoms with van der Waals surface area (Å²) in [6.07, 6.45) is 1.13. The number of hydrogen-bond acceptors (Lipinski definition) is 6. The molecular formula is C28H27F4IN6O2. The Morgan fingerprint density at radius 3 is 2.63 bits per heavy atom. The van der Waals surface area contributed by atoms with E-state index in [0.717, 1.165) is 24.6 Å². The van der Waals surface area contributed by atoms with Crippen LogP contribution in [-0.4, -0.2) is 23.6 Å². The lowest BCUT2D eigenvalue weighted by Crippen LogP contribution is -2.34. The highest BCUT2D eigenvalue weighted by Gasteiger charge is 2.39. The van der Waals surface area contributed by atoms with Crippen molar-refractivity contribution < 1.29 is 17.6 Å². The van der Waals surface area contributed by atoms with E-state index < -0.39 is 23.1 Å². The first-order valence-electron chi connectivity index (χ1n) is 13.2. The number of aryl methyl sites for hydroxylation is 1. The van der Waals surface area contributed by atoms with Crippen LogP contribution in [0, 0.1) is 11.7 Å². The molecule has 4 aromatic rings. The molecule has 5 rings (SSSR count). The minimum atomic E-state index is -4.83. The number of rotatable bonds is 6. The first kappa shape index (κ1) is 29.0. The summed E-state index contributed by atoms with van der Waals surface area (Å²) in [6, 6.07) is 7.71. The third kappa shape index (κ3) is 5.95. The summed E-state index contributed by atoms with van der Waals surface area (Å²) in [5, 5.41) is 7.38. The molecule has 1 fully saturated rings. The molecule has 1 aliphatic carbocycles. The zero-order valence-electron chi connectivity index (χ0n) is 22.0. The lowest BCUT2D eigenvalue weighted by Gasteiger charge is -2.31. The van der Waals surface area contributed by atoms with Crippen molar-refractivity contribution in [3.8, 4) is 11.3 Å². The van der Waals surface area contributed by atoms with Crippen molar-refractivity contribution in [2.75, 3.05) is 11.1 Å². The van der Waals surface area contributed by atoms with Crippen LogP contribution in [0.3, 0.4) is 0 Å². The number of aromatic nitrogens is 4. The van der Waals surface area contributed by atoms with E-state index in [1.165, 1.54) is 33.5 Å². The predicted molar refractivity (Wildman–Crippen MR) is 157 cm³/mol. The van der Waals surface area contributed by atoms with E-state index >= 15 is 4.39 Å². The SMILES string of the molecule is CCc1ccc(-c2cc3ccn(C[C@@H]4CCC[C@H](Nc5cnn(I)c(=O)c5C(F)(F)F)C4)c(=O)c3cc2F)nc1N. The van der Waals surface area contributed by atoms with Gasteiger partial charge in [0.05, 0.1) is 45.8 Å². The van der Waals surface area contributed by atoms with Gasteiger partial charge in [0.2, 0.25) is 0 Å². The van der Waals surface area contributed by atoms with Crippen molar-refractivity contribution in [3.05, 3.63) is 80.4 Å². The van der Waals surface area contributed by atoms with E-state index in [1.807, 2.05) is 13.0 Å². The van der Waals surface area contributed by atoms with Crippen LogP contribution in [0.1, 0.15) is 43.7 Å². The average molecular weight is 682 g/mol. The van der Waals surface area contributed by atoms with Gasteiger partial charge in [0.25, 0.3) is 11.1 Å². The van der Waals surface area contributed by atoms with Gasteiger partial charge in [-0.05, 0) is 66.8 Å². The molecule has 0 amide bonds. The Bertz CT molecular complexity index is 1740. The molecule has 3 heterocycles. The maximum atomic E-state index is 15.2.